The third-order valence-corrected chi connectivity index (χ3v) is 5.88. The molecule has 2 aromatic rings. The number of hydrogen-bond acceptors (Lipinski definition) is 3. The number of carbonyl (C=O) groups is 2. The van der Waals surface area contributed by atoms with Gasteiger partial charge < -0.3 is 10.6 Å². The number of para-hydroxylation sites is 1. The maximum absolute atomic E-state index is 12.4. The normalized spacial score (nSPS) is 11.8. The topological polar surface area (TPSA) is 58.2 Å². The fourth-order valence-corrected chi connectivity index (χ4v) is 4.12. The van der Waals surface area contributed by atoms with Crippen LogP contribution in [0.2, 0.25) is 0 Å². The molecule has 0 unspecified atom stereocenters. The summed E-state index contributed by atoms with van der Waals surface area (Å²) in [5.41, 5.74) is 6.38. The number of benzene rings is 2. The van der Waals surface area contributed by atoms with Crippen molar-refractivity contribution < 1.29 is 9.59 Å². The van der Waals surface area contributed by atoms with Gasteiger partial charge in [0.25, 0.3) is 0 Å². The first kappa shape index (κ1) is 21.0. The molecule has 27 heavy (non-hydrogen) atoms. The average Bonchev–Trinajstić information content (AvgIpc) is 2.59. The van der Waals surface area contributed by atoms with Gasteiger partial charge in [-0.3, -0.25) is 9.59 Å². The number of nitrogens with one attached hydrogen (secondary N) is 2. The summed E-state index contributed by atoms with van der Waals surface area (Å²) < 4.78 is 0. The minimum absolute atomic E-state index is 0.0383. The van der Waals surface area contributed by atoms with Gasteiger partial charge in [-0.05, 0) is 63.8 Å². The van der Waals surface area contributed by atoms with Crippen molar-refractivity contribution in [3.63, 3.8) is 0 Å². The minimum Gasteiger partial charge on any atom is -0.346 e. The molecule has 0 radical (unpaired) electrons. The monoisotopic (exact) mass is 384 g/mol. The van der Waals surface area contributed by atoms with Gasteiger partial charge in [0.2, 0.25) is 11.8 Å². The Bertz CT molecular complexity index is 818. The van der Waals surface area contributed by atoms with E-state index >= 15 is 0 Å². The predicted octanol–water partition coefficient (Wildman–Crippen LogP) is 4.46. The van der Waals surface area contributed by atoms with E-state index in [2.05, 4.69) is 43.5 Å². The predicted molar refractivity (Wildman–Crippen MR) is 114 cm³/mol. The third kappa shape index (κ3) is 5.60. The van der Waals surface area contributed by atoms with E-state index in [1.165, 1.54) is 28.5 Å². The number of rotatable bonds is 6. The number of aryl methyl sites for hydroxylation is 5. The Kier molecular flexibility index (Phi) is 7.08. The van der Waals surface area contributed by atoms with Crippen LogP contribution in [0, 0.1) is 34.6 Å². The summed E-state index contributed by atoms with van der Waals surface area (Å²) in [6, 6.07) is 10.1. The van der Waals surface area contributed by atoms with Crippen LogP contribution in [0.25, 0.3) is 0 Å². The van der Waals surface area contributed by atoms with Gasteiger partial charge in [0.15, 0.2) is 0 Å². The summed E-state index contributed by atoms with van der Waals surface area (Å²) in [5.74, 6) is -0.364. The van der Waals surface area contributed by atoms with E-state index in [-0.39, 0.29) is 23.6 Å². The average molecular weight is 385 g/mol. The lowest BCUT2D eigenvalue weighted by molar-refractivity contribution is -0.123. The zero-order chi connectivity index (χ0) is 20.1. The molecule has 0 spiro atoms. The summed E-state index contributed by atoms with van der Waals surface area (Å²) in [6.07, 6.45) is 0. The van der Waals surface area contributed by atoms with Crippen molar-refractivity contribution in [2.75, 3.05) is 11.9 Å². The van der Waals surface area contributed by atoms with Gasteiger partial charge in [0.1, 0.15) is 0 Å². The van der Waals surface area contributed by atoms with Crippen molar-refractivity contribution in [2.24, 2.45) is 0 Å². The molecule has 0 saturated carbocycles. The van der Waals surface area contributed by atoms with E-state index in [1.54, 1.807) is 0 Å². The number of thioether (sulfide) groups is 1. The van der Waals surface area contributed by atoms with Crippen molar-refractivity contribution in [3.8, 4) is 0 Å². The second-order valence-electron chi connectivity index (χ2n) is 7.02. The maximum atomic E-state index is 12.4. The van der Waals surface area contributed by atoms with Gasteiger partial charge in [-0.2, -0.15) is 0 Å². The van der Waals surface area contributed by atoms with Crippen LogP contribution in [0.4, 0.5) is 5.69 Å². The van der Waals surface area contributed by atoms with Crippen LogP contribution in [0.15, 0.2) is 35.2 Å². The SMILES string of the molecule is Cc1cc(C)c(S[C@H](C)C(=O)NCC(=O)Nc2c(C)cccc2C)c(C)c1. The fraction of sp³-hybridized carbons (Fsp3) is 0.364. The van der Waals surface area contributed by atoms with E-state index in [9.17, 15) is 9.59 Å². The van der Waals surface area contributed by atoms with Crippen molar-refractivity contribution in [1.82, 2.24) is 5.32 Å². The summed E-state index contributed by atoms with van der Waals surface area (Å²) in [7, 11) is 0. The molecule has 144 valence electrons. The second kappa shape index (κ2) is 9.09. The molecule has 0 aliphatic rings. The first-order valence-corrected chi connectivity index (χ1v) is 9.95. The van der Waals surface area contributed by atoms with E-state index in [1.807, 2.05) is 39.0 Å². The molecule has 0 fully saturated rings. The first-order chi connectivity index (χ1) is 12.7. The summed E-state index contributed by atoms with van der Waals surface area (Å²) in [6.45, 7) is 11.9. The zero-order valence-corrected chi connectivity index (χ0v) is 17.7. The Hall–Kier alpha value is -2.27. The zero-order valence-electron chi connectivity index (χ0n) is 16.9. The van der Waals surface area contributed by atoms with Gasteiger partial charge in [-0.1, -0.05) is 35.9 Å². The highest BCUT2D eigenvalue weighted by molar-refractivity contribution is 8.00. The van der Waals surface area contributed by atoms with Crippen LogP contribution in [0.3, 0.4) is 0 Å². The smallest absolute Gasteiger partial charge is 0.243 e. The molecule has 5 heteroatoms. The largest absolute Gasteiger partial charge is 0.346 e. The standard InChI is InChI=1S/C22H28N2O2S/c1-13-10-16(4)21(17(5)11-13)27-18(6)22(26)23-12-19(25)24-20-14(2)8-7-9-15(20)3/h7-11,18H,12H2,1-6H3,(H,23,26)(H,24,25)/t18-/m1/s1. The van der Waals surface area contributed by atoms with Crippen LogP contribution in [0.5, 0.6) is 0 Å². The van der Waals surface area contributed by atoms with Gasteiger partial charge in [0.05, 0.1) is 11.8 Å². The Balaban J connectivity index is 1.92. The van der Waals surface area contributed by atoms with Crippen LogP contribution < -0.4 is 10.6 Å². The lowest BCUT2D eigenvalue weighted by Crippen LogP contribution is -2.37. The highest BCUT2D eigenvalue weighted by atomic mass is 32.2. The molecular weight excluding hydrogens is 356 g/mol. The fourth-order valence-electron chi connectivity index (χ4n) is 3.09. The molecule has 1 atom stereocenters. The van der Waals surface area contributed by atoms with Crippen LogP contribution in [-0.2, 0) is 9.59 Å². The molecule has 2 N–H and O–H groups in total. The van der Waals surface area contributed by atoms with Crippen molar-refractivity contribution in [2.45, 2.75) is 51.7 Å². The molecule has 0 aliphatic heterocycles. The molecule has 0 bridgehead atoms. The molecule has 2 aromatic carbocycles. The van der Waals surface area contributed by atoms with E-state index in [0.717, 1.165) is 21.7 Å². The van der Waals surface area contributed by atoms with Crippen molar-refractivity contribution in [3.05, 3.63) is 58.1 Å². The van der Waals surface area contributed by atoms with Gasteiger partial charge in [0, 0.05) is 10.6 Å². The Morgan fingerprint density at radius 1 is 0.963 bits per heavy atom. The summed E-state index contributed by atoms with van der Waals surface area (Å²) in [5, 5.41) is 5.35. The molecule has 4 nitrogen and oxygen atoms in total. The lowest BCUT2D eigenvalue weighted by Gasteiger charge is -2.16. The van der Waals surface area contributed by atoms with Gasteiger partial charge in [-0.25, -0.2) is 0 Å². The van der Waals surface area contributed by atoms with Crippen molar-refractivity contribution >= 4 is 29.3 Å². The molecular formula is C22H28N2O2S. The van der Waals surface area contributed by atoms with E-state index in [4.69, 9.17) is 0 Å². The molecule has 0 aromatic heterocycles. The van der Waals surface area contributed by atoms with Crippen LogP contribution >= 0.6 is 11.8 Å². The minimum atomic E-state index is -0.280. The molecule has 0 saturated heterocycles. The van der Waals surface area contributed by atoms with E-state index in [0.29, 0.717) is 0 Å². The number of carbonyl (C=O) groups excluding carboxylic acids is 2. The van der Waals surface area contributed by atoms with Gasteiger partial charge >= 0.3 is 0 Å². The van der Waals surface area contributed by atoms with Crippen LogP contribution in [-0.4, -0.2) is 23.6 Å². The quantitative estimate of drug-likeness (QED) is 0.723. The summed E-state index contributed by atoms with van der Waals surface area (Å²) >= 11 is 1.53. The number of anilines is 1. The van der Waals surface area contributed by atoms with Crippen LogP contribution in [0.1, 0.15) is 34.7 Å². The molecule has 2 rings (SSSR count). The van der Waals surface area contributed by atoms with Crippen molar-refractivity contribution in [1.29, 1.82) is 0 Å². The Morgan fingerprint density at radius 2 is 1.52 bits per heavy atom. The van der Waals surface area contributed by atoms with Gasteiger partial charge in [-0.15, -0.1) is 11.8 Å². The lowest BCUT2D eigenvalue weighted by atomic mass is 10.1. The molecule has 0 aliphatic carbocycles. The second-order valence-corrected chi connectivity index (χ2v) is 8.37. The molecule has 0 heterocycles. The highest BCUT2D eigenvalue weighted by Crippen LogP contribution is 2.30. The number of amides is 2. The highest BCUT2D eigenvalue weighted by Gasteiger charge is 2.18. The summed E-state index contributed by atoms with van der Waals surface area (Å²) in [4.78, 5) is 25.8. The molecule has 2 amide bonds. The Morgan fingerprint density at radius 3 is 2.07 bits per heavy atom. The Labute approximate surface area is 166 Å². The first-order valence-electron chi connectivity index (χ1n) is 9.07. The van der Waals surface area contributed by atoms with E-state index < -0.39 is 0 Å². The third-order valence-electron chi connectivity index (χ3n) is 4.44. The maximum Gasteiger partial charge on any atom is 0.243 e. The number of hydrogen-bond donors (Lipinski definition) is 2.